The number of nitrogens with two attached hydrogens (primary N) is 1. The summed E-state index contributed by atoms with van der Waals surface area (Å²) in [5.74, 6) is -3.21. The number of benzene rings is 1. The van der Waals surface area contributed by atoms with Gasteiger partial charge in [0.05, 0.1) is 0 Å². The van der Waals surface area contributed by atoms with Crippen LogP contribution in [0.3, 0.4) is 0 Å². The largest absolute Gasteiger partial charge is 0.399 e. The van der Waals surface area contributed by atoms with Crippen molar-refractivity contribution < 1.29 is 22.0 Å². The highest BCUT2D eigenvalue weighted by Crippen LogP contribution is 2.20. The minimum absolute atomic E-state index is 0.112. The van der Waals surface area contributed by atoms with E-state index >= 15 is 0 Å². The normalized spacial score (nSPS) is 11.3. The molecule has 0 aliphatic carbocycles. The number of nitrogen functional groups attached to an aromatic ring is 1. The van der Waals surface area contributed by atoms with Crippen LogP contribution < -0.4 is 15.8 Å². The molecule has 112 valence electrons. The number of carbonyl (C=O) groups excluding carboxylic acids is 1. The molecule has 1 aromatic rings. The van der Waals surface area contributed by atoms with Crippen molar-refractivity contribution >= 4 is 21.6 Å². The summed E-state index contributed by atoms with van der Waals surface area (Å²) in [4.78, 5) is 10.3. The highest BCUT2D eigenvalue weighted by atomic mass is 32.2. The Kier molecular flexibility index (Phi) is 5.40. The second kappa shape index (κ2) is 6.62. The van der Waals surface area contributed by atoms with Gasteiger partial charge in [-0.2, -0.15) is 0 Å². The van der Waals surface area contributed by atoms with Crippen molar-refractivity contribution in [2.75, 3.05) is 18.8 Å². The molecule has 9 heteroatoms. The summed E-state index contributed by atoms with van der Waals surface area (Å²) in [7, 11) is -4.27. The molecule has 4 N–H and O–H groups in total. The molecule has 20 heavy (non-hydrogen) atoms. The maximum atomic E-state index is 13.5. The molecule has 1 rings (SSSR count). The summed E-state index contributed by atoms with van der Waals surface area (Å²) in [6.07, 6.45) is -0.112. The summed E-state index contributed by atoms with van der Waals surface area (Å²) in [6, 6.07) is 1.50. The molecule has 0 saturated carbocycles. The first kappa shape index (κ1) is 16.3. The second-order valence-electron chi connectivity index (χ2n) is 3.92. The van der Waals surface area contributed by atoms with E-state index < -0.39 is 26.6 Å². The Bertz CT molecular complexity index is 605. The number of rotatable bonds is 6. The molecule has 0 aliphatic rings. The first-order chi connectivity index (χ1) is 9.27. The van der Waals surface area contributed by atoms with Gasteiger partial charge in [0.1, 0.15) is 4.90 Å². The molecule has 0 radical (unpaired) electrons. The van der Waals surface area contributed by atoms with E-state index in [1.54, 1.807) is 6.92 Å². The van der Waals surface area contributed by atoms with Crippen molar-refractivity contribution in [2.24, 2.45) is 0 Å². The molecule has 0 unspecified atom stereocenters. The minimum Gasteiger partial charge on any atom is -0.399 e. The third-order valence-corrected chi connectivity index (χ3v) is 3.79. The van der Waals surface area contributed by atoms with E-state index in [1.165, 1.54) is 0 Å². The van der Waals surface area contributed by atoms with Crippen LogP contribution in [0.1, 0.15) is 13.3 Å². The van der Waals surface area contributed by atoms with Crippen LogP contribution in [0.4, 0.5) is 14.5 Å². The van der Waals surface area contributed by atoms with Crippen LogP contribution in [0.2, 0.25) is 0 Å². The predicted molar refractivity (Wildman–Crippen MR) is 69.3 cm³/mol. The van der Waals surface area contributed by atoms with E-state index in [9.17, 15) is 22.0 Å². The maximum Gasteiger partial charge on any atom is 0.243 e. The molecule has 0 spiro atoms. The predicted octanol–water partition coefficient (Wildman–Crippen LogP) is 0.352. The number of hydrogen-bond acceptors (Lipinski definition) is 4. The zero-order valence-electron chi connectivity index (χ0n) is 10.7. The van der Waals surface area contributed by atoms with Gasteiger partial charge < -0.3 is 11.1 Å². The summed E-state index contributed by atoms with van der Waals surface area (Å²) in [6.45, 7) is 1.90. The van der Waals surface area contributed by atoms with Crippen molar-refractivity contribution in [1.29, 1.82) is 0 Å². The third-order valence-electron chi connectivity index (χ3n) is 2.32. The van der Waals surface area contributed by atoms with Gasteiger partial charge in [0.2, 0.25) is 15.9 Å². The molecule has 0 saturated heterocycles. The number of anilines is 1. The number of carbonyl (C=O) groups is 1. The molecule has 6 nitrogen and oxygen atoms in total. The molecular formula is C11H15F2N3O3S. The first-order valence-electron chi connectivity index (χ1n) is 5.78. The van der Waals surface area contributed by atoms with E-state index in [4.69, 9.17) is 5.73 Å². The number of amides is 1. The lowest BCUT2D eigenvalue weighted by atomic mass is 10.3. The molecule has 0 fully saturated rings. The molecule has 1 aromatic carbocycles. The Balaban J connectivity index is 2.82. The highest BCUT2D eigenvalue weighted by molar-refractivity contribution is 7.89. The Labute approximate surface area is 115 Å². The zero-order valence-corrected chi connectivity index (χ0v) is 11.6. The van der Waals surface area contributed by atoms with Gasteiger partial charge in [-0.1, -0.05) is 0 Å². The van der Waals surface area contributed by atoms with Crippen LogP contribution in [-0.2, 0) is 14.8 Å². The lowest BCUT2D eigenvalue weighted by molar-refractivity contribution is -0.120. The third kappa shape index (κ3) is 4.14. The van der Waals surface area contributed by atoms with Gasteiger partial charge in [0, 0.05) is 25.2 Å². The van der Waals surface area contributed by atoms with Crippen molar-refractivity contribution in [1.82, 2.24) is 10.0 Å². The standard InChI is InChI=1S/C11H15F2N3O3S/c1-2-15-10(17)3-4-16-20(18,19)9-6-7(14)5-8(12)11(9)13/h5-6,16H,2-4,14H2,1H3,(H,15,17). The van der Waals surface area contributed by atoms with E-state index in [-0.39, 0.29) is 24.6 Å². The Morgan fingerprint density at radius 3 is 2.60 bits per heavy atom. The van der Waals surface area contributed by atoms with Gasteiger partial charge in [0.15, 0.2) is 11.6 Å². The molecule has 0 heterocycles. The van der Waals surface area contributed by atoms with Gasteiger partial charge in [-0.15, -0.1) is 0 Å². The summed E-state index contributed by atoms with van der Waals surface area (Å²) in [5, 5.41) is 2.47. The number of hydrogen-bond donors (Lipinski definition) is 3. The first-order valence-corrected chi connectivity index (χ1v) is 7.27. The fourth-order valence-electron chi connectivity index (χ4n) is 1.44. The van der Waals surface area contributed by atoms with Crippen LogP contribution in [0, 0.1) is 11.6 Å². The van der Waals surface area contributed by atoms with Crippen LogP contribution >= 0.6 is 0 Å². The highest BCUT2D eigenvalue weighted by Gasteiger charge is 2.22. The lowest BCUT2D eigenvalue weighted by Crippen LogP contribution is -2.31. The Morgan fingerprint density at radius 2 is 2.00 bits per heavy atom. The van der Waals surface area contributed by atoms with Gasteiger partial charge >= 0.3 is 0 Å². The maximum absolute atomic E-state index is 13.5. The van der Waals surface area contributed by atoms with E-state index in [0.717, 1.165) is 6.07 Å². The van der Waals surface area contributed by atoms with E-state index in [1.807, 2.05) is 4.72 Å². The lowest BCUT2D eigenvalue weighted by Gasteiger charge is -2.09. The Hall–Kier alpha value is -1.74. The zero-order chi connectivity index (χ0) is 15.3. The summed E-state index contributed by atoms with van der Waals surface area (Å²) >= 11 is 0. The monoisotopic (exact) mass is 307 g/mol. The minimum atomic E-state index is -4.27. The smallest absolute Gasteiger partial charge is 0.243 e. The van der Waals surface area contributed by atoms with Crippen LogP contribution in [0.25, 0.3) is 0 Å². The van der Waals surface area contributed by atoms with Crippen LogP contribution in [0.15, 0.2) is 17.0 Å². The van der Waals surface area contributed by atoms with Crippen molar-refractivity contribution in [3.63, 3.8) is 0 Å². The molecule has 0 aliphatic heterocycles. The molecule has 0 aromatic heterocycles. The average molecular weight is 307 g/mol. The van der Waals surface area contributed by atoms with Gasteiger partial charge in [-0.25, -0.2) is 21.9 Å². The average Bonchev–Trinajstić information content (AvgIpc) is 2.33. The van der Waals surface area contributed by atoms with E-state index in [2.05, 4.69) is 5.32 Å². The molecule has 1 amide bonds. The van der Waals surface area contributed by atoms with E-state index in [0.29, 0.717) is 12.6 Å². The number of nitrogens with one attached hydrogen (secondary N) is 2. The van der Waals surface area contributed by atoms with Crippen LogP contribution in [-0.4, -0.2) is 27.4 Å². The van der Waals surface area contributed by atoms with Gasteiger partial charge in [-0.3, -0.25) is 4.79 Å². The van der Waals surface area contributed by atoms with Crippen LogP contribution in [0.5, 0.6) is 0 Å². The fourth-order valence-corrected chi connectivity index (χ4v) is 2.59. The quantitative estimate of drug-likeness (QED) is 0.660. The number of halogens is 2. The molecule has 0 atom stereocenters. The Morgan fingerprint density at radius 1 is 1.35 bits per heavy atom. The number of sulfonamides is 1. The molecule has 0 bridgehead atoms. The molecular weight excluding hydrogens is 292 g/mol. The summed E-state index contributed by atoms with van der Waals surface area (Å²) < 4.78 is 52.2. The van der Waals surface area contributed by atoms with Crippen molar-refractivity contribution in [3.8, 4) is 0 Å². The van der Waals surface area contributed by atoms with Gasteiger partial charge in [-0.05, 0) is 19.1 Å². The SMILES string of the molecule is CCNC(=O)CCNS(=O)(=O)c1cc(N)cc(F)c1F. The second-order valence-corrected chi connectivity index (χ2v) is 5.65. The van der Waals surface area contributed by atoms with Crippen molar-refractivity contribution in [2.45, 2.75) is 18.2 Å². The fraction of sp³-hybridized carbons (Fsp3) is 0.364. The van der Waals surface area contributed by atoms with Gasteiger partial charge in [0.25, 0.3) is 0 Å². The summed E-state index contributed by atoms with van der Waals surface area (Å²) in [5.41, 5.74) is 5.06. The van der Waals surface area contributed by atoms with Crippen molar-refractivity contribution in [3.05, 3.63) is 23.8 Å². The topological polar surface area (TPSA) is 101 Å².